The van der Waals surface area contributed by atoms with Crippen molar-refractivity contribution in [1.82, 2.24) is 30.4 Å². The lowest BCUT2D eigenvalue weighted by Crippen LogP contribution is -2.45. The van der Waals surface area contributed by atoms with Crippen LogP contribution >= 0.6 is 11.3 Å². The van der Waals surface area contributed by atoms with Gasteiger partial charge in [0.05, 0.1) is 11.4 Å². The van der Waals surface area contributed by atoms with Gasteiger partial charge in [-0.3, -0.25) is 9.59 Å². The van der Waals surface area contributed by atoms with Crippen molar-refractivity contribution in [1.29, 1.82) is 0 Å². The largest absolute Gasteiger partial charge is 0.354 e. The standard InChI is InChI=1S/C20H24N6O2S/c1-21-20(28)19-16(15-7-2-3-8-17(15)29-19)12-14-6-4-5-10-26(14)18(27)9-11-25-13-22-23-24-25/h2-3,7-8,13-14H,4-6,9-12H2,1H3,(H,21,28). The van der Waals surface area contributed by atoms with Crippen molar-refractivity contribution in [3.8, 4) is 0 Å². The van der Waals surface area contributed by atoms with Crippen LogP contribution in [0.25, 0.3) is 10.1 Å². The maximum atomic E-state index is 12.9. The highest BCUT2D eigenvalue weighted by atomic mass is 32.1. The lowest BCUT2D eigenvalue weighted by molar-refractivity contribution is -0.135. The lowest BCUT2D eigenvalue weighted by Gasteiger charge is -2.36. The zero-order valence-electron chi connectivity index (χ0n) is 16.4. The lowest BCUT2D eigenvalue weighted by atomic mass is 9.93. The number of likely N-dealkylation sites (tertiary alicyclic amines) is 1. The van der Waals surface area contributed by atoms with E-state index >= 15 is 0 Å². The average molecular weight is 413 g/mol. The molecule has 152 valence electrons. The second kappa shape index (κ2) is 8.69. The van der Waals surface area contributed by atoms with Gasteiger partial charge in [-0.1, -0.05) is 18.2 Å². The second-order valence-corrected chi connectivity index (χ2v) is 8.30. The van der Waals surface area contributed by atoms with Crippen LogP contribution in [0.2, 0.25) is 0 Å². The third kappa shape index (κ3) is 4.14. The van der Waals surface area contributed by atoms with Crippen molar-refractivity contribution in [2.45, 2.75) is 44.7 Å². The molecule has 1 fully saturated rings. The van der Waals surface area contributed by atoms with E-state index in [9.17, 15) is 9.59 Å². The smallest absolute Gasteiger partial charge is 0.261 e. The zero-order valence-corrected chi connectivity index (χ0v) is 17.2. The SMILES string of the molecule is CNC(=O)c1sc2ccccc2c1CC1CCCCN1C(=O)CCn1cnnn1. The minimum Gasteiger partial charge on any atom is -0.354 e. The first-order chi connectivity index (χ1) is 14.2. The van der Waals surface area contributed by atoms with Crippen molar-refractivity contribution in [3.63, 3.8) is 0 Å². The Bertz CT molecular complexity index is 1000. The van der Waals surface area contributed by atoms with E-state index in [4.69, 9.17) is 0 Å². The number of rotatable bonds is 6. The second-order valence-electron chi connectivity index (χ2n) is 7.25. The van der Waals surface area contributed by atoms with Crippen LogP contribution in [0.5, 0.6) is 0 Å². The maximum absolute atomic E-state index is 12.9. The number of aromatic nitrogens is 4. The molecule has 8 nitrogen and oxygen atoms in total. The van der Waals surface area contributed by atoms with Crippen LogP contribution in [0.3, 0.4) is 0 Å². The molecule has 3 aromatic rings. The predicted octanol–water partition coefficient (Wildman–Crippen LogP) is 2.26. The molecule has 1 saturated heterocycles. The molecule has 0 spiro atoms. The summed E-state index contributed by atoms with van der Waals surface area (Å²) >= 11 is 1.52. The Morgan fingerprint density at radius 1 is 1.28 bits per heavy atom. The molecule has 2 aromatic heterocycles. The number of carbonyl (C=O) groups is 2. The Balaban J connectivity index is 1.56. The molecular weight excluding hydrogens is 388 g/mol. The summed E-state index contributed by atoms with van der Waals surface area (Å²) in [5.74, 6) is 0.0554. The van der Waals surface area contributed by atoms with E-state index in [1.54, 1.807) is 11.7 Å². The molecule has 0 bridgehead atoms. The van der Waals surface area contributed by atoms with Crippen LogP contribution in [0.15, 0.2) is 30.6 Å². The van der Waals surface area contributed by atoms with Crippen molar-refractivity contribution in [2.24, 2.45) is 0 Å². The summed E-state index contributed by atoms with van der Waals surface area (Å²) in [4.78, 5) is 28.2. The number of hydrogen-bond donors (Lipinski definition) is 1. The van der Waals surface area contributed by atoms with Crippen LogP contribution in [-0.4, -0.2) is 56.6 Å². The van der Waals surface area contributed by atoms with E-state index in [2.05, 4.69) is 26.9 Å². The van der Waals surface area contributed by atoms with Gasteiger partial charge in [0.2, 0.25) is 5.91 Å². The molecule has 0 aliphatic carbocycles. The number of hydrogen-bond acceptors (Lipinski definition) is 6. The molecule has 1 N–H and O–H groups in total. The maximum Gasteiger partial charge on any atom is 0.261 e. The van der Waals surface area contributed by atoms with Crippen molar-refractivity contribution < 1.29 is 9.59 Å². The molecule has 1 aromatic carbocycles. The van der Waals surface area contributed by atoms with Crippen molar-refractivity contribution in [2.75, 3.05) is 13.6 Å². The van der Waals surface area contributed by atoms with Gasteiger partial charge in [0.1, 0.15) is 6.33 Å². The van der Waals surface area contributed by atoms with E-state index in [0.29, 0.717) is 19.4 Å². The molecule has 1 aliphatic rings. The molecule has 0 radical (unpaired) electrons. The Morgan fingerprint density at radius 3 is 2.93 bits per heavy atom. The summed E-state index contributed by atoms with van der Waals surface area (Å²) in [7, 11) is 1.66. The van der Waals surface area contributed by atoms with Gasteiger partial charge < -0.3 is 10.2 Å². The Kier molecular flexibility index (Phi) is 5.84. The predicted molar refractivity (Wildman–Crippen MR) is 111 cm³/mol. The first-order valence-corrected chi connectivity index (χ1v) is 10.7. The van der Waals surface area contributed by atoms with Gasteiger partial charge in [0.25, 0.3) is 5.91 Å². The quantitative estimate of drug-likeness (QED) is 0.670. The van der Waals surface area contributed by atoms with Gasteiger partial charge in [-0.05, 0) is 53.1 Å². The first kappa shape index (κ1) is 19.5. The van der Waals surface area contributed by atoms with Gasteiger partial charge >= 0.3 is 0 Å². The monoisotopic (exact) mass is 412 g/mol. The van der Waals surface area contributed by atoms with Crippen molar-refractivity contribution >= 4 is 33.2 Å². The highest BCUT2D eigenvalue weighted by Gasteiger charge is 2.29. The van der Waals surface area contributed by atoms with Gasteiger partial charge in [-0.15, -0.1) is 16.4 Å². The number of nitrogens with zero attached hydrogens (tertiary/aromatic N) is 5. The number of carbonyl (C=O) groups excluding carboxylic acids is 2. The first-order valence-electron chi connectivity index (χ1n) is 9.90. The fourth-order valence-corrected chi connectivity index (χ4v) is 5.19. The van der Waals surface area contributed by atoms with E-state index in [0.717, 1.165) is 46.3 Å². The molecular formula is C20H24N6O2S. The van der Waals surface area contributed by atoms with E-state index in [1.807, 2.05) is 23.1 Å². The van der Waals surface area contributed by atoms with Crippen LogP contribution in [0.4, 0.5) is 0 Å². The Morgan fingerprint density at radius 2 is 2.14 bits per heavy atom. The fourth-order valence-electron chi connectivity index (χ4n) is 4.01. The van der Waals surface area contributed by atoms with Gasteiger partial charge in [0, 0.05) is 30.8 Å². The number of piperidine rings is 1. The number of thiophene rings is 1. The summed E-state index contributed by atoms with van der Waals surface area (Å²) in [6.07, 6.45) is 5.65. The van der Waals surface area contributed by atoms with Crippen LogP contribution in [0, 0.1) is 0 Å². The number of aryl methyl sites for hydroxylation is 1. The van der Waals surface area contributed by atoms with Gasteiger partial charge in [-0.25, -0.2) is 4.68 Å². The average Bonchev–Trinajstić information content (AvgIpc) is 3.40. The Labute approximate surface area is 172 Å². The molecule has 3 heterocycles. The number of nitrogens with one attached hydrogen (secondary N) is 1. The zero-order chi connectivity index (χ0) is 20.2. The van der Waals surface area contributed by atoms with Crippen molar-refractivity contribution in [3.05, 3.63) is 41.0 Å². The molecule has 1 unspecified atom stereocenters. The highest BCUT2D eigenvalue weighted by molar-refractivity contribution is 7.21. The third-order valence-corrected chi connectivity index (χ3v) is 6.68. The topological polar surface area (TPSA) is 93.0 Å². The normalized spacial score (nSPS) is 16.9. The van der Waals surface area contributed by atoms with E-state index in [-0.39, 0.29) is 17.9 Å². The van der Waals surface area contributed by atoms with Gasteiger partial charge in [-0.2, -0.15) is 0 Å². The molecule has 29 heavy (non-hydrogen) atoms. The summed E-state index contributed by atoms with van der Waals surface area (Å²) in [5, 5.41) is 14.9. The molecule has 0 saturated carbocycles. The summed E-state index contributed by atoms with van der Waals surface area (Å²) in [6.45, 7) is 1.23. The molecule has 4 rings (SSSR count). The fraction of sp³-hybridized carbons (Fsp3) is 0.450. The summed E-state index contributed by atoms with van der Waals surface area (Å²) in [5.41, 5.74) is 1.05. The van der Waals surface area contributed by atoms with Gasteiger partial charge in [0.15, 0.2) is 0 Å². The minimum absolute atomic E-state index is 0.0615. The summed E-state index contributed by atoms with van der Waals surface area (Å²) < 4.78 is 2.68. The molecule has 1 atom stereocenters. The van der Waals surface area contributed by atoms with Crippen LogP contribution < -0.4 is 5.32 Å². The van der Waals surface area contributed by atoms with E-state index in [1.165, 1.54) is 17.7 Å². The third-order valence-electron chi connectivity index (χ3n) is 5.47. The number of benzene rings is 1. The molecule has 1 aliphatic heterocycles. The van der Waals surface area contributed by atoms with Crippen LogP contribution in [-0.2, 0) is 17.8 Å². The number of fused-ring (bicyclic) bond motifs is 1. The molecule has 9 heteroatoms. The number of amides is 2. The Hall–Kier alpha value is -2.81. The number of tetrazole rings is 1. The van der Waals surface area contributed by atoms with Crippen LogP contribution in [0.1, 0.15) is 40.9 Å². The molecule has 2 amide bonds. The van der Waals surface area contributed by atoms with E-state index < -0.39 is 0 Å². The minimum atomic E-state index is -0.0615. The highest BCUT2D eigenvalue weighted by Crippen LogP contribution is 2.34. The summed E-state index contributed by atoms with van der Waals surface area (Å²) in [6, 6.07) is 8.21.